The standard InChI is InChI=1S/C13H16ClN3O4S/c14-11-2-1-3-12(17(18)19)13(11)22(20,21)16-7-6-9-4-5-10(8-16)15-9/h1-3,9-10,15H,4-8H2. The lowest BCUT2D eigenvalue weighted by atomic mass is 10.1. The average Bonchev–Trinajstić information content (AvgIpc) is 2.76. The van der Waals surface area contributed by atoms with Gasteiger partial charge >= 0.3 is 0 Å². The summed E-state index contributed by atoms with van der Waals surface area (Å²) in [6.45, 7) is 0.667. The SMILES string of the molecule is O=[N+]([O-])c1cccc(Cl)c1S(=O)(=O)N1CCC2CCC(C1)N2. The third-order valence-electron chi connectivity index (χ3n) is 4.23. The topological polar surface area (TPSA) is 92.5 Å². The average molecular weight is 346 g/mol. The molecule has 22 heavy (non-hydrogen) atoms. The Kier molecular flexibility index (Phi) is 4.11. The van der Waals surface area contributed by atoms with Crippen LogP contribution in [0.15, 0.2) is 23.1 Å². The minimum Gasteiger partial charge on any atom is -0.310 e. The first kappa shape index (κ1) is 15.7. The van der Waals surface area contributed by atoms with Gasteiger partial charge in [0.2, 0.25) is 0 Å². The summed E-state index contributed by atoms with van der Waals surface area (Å²) >= 11 is 5.97. The Labute approximate surface area is 133 Å². The van der Waals surface area contributed by atoms with Crippen molar-refractivity contribution in [1.29, 1.82) is 0 Å². The third-order valence-corrected chi connectivity index (χ3v) is 6.61. The molecule has 120 valence electrons. The zero-order valence-electron chi connectivity index (χ0n) is 11.7. The minimum absolute atomic E-state index is 0.101. The van der Waals surface area contributed by atoms with Crippen LogP contribution < -0.4 is 5.32 Å². The van der Waals surface area contributed by atoms with Gasteiger partial charge in [-0.2, -0.15) is 4.31 Å². The molecule has 1 aromatic rings. The highest BCUT2D eigenvalue weighted by molar-refractivity contribution is 7.89. The molecule has 0 spiro atoms. The summed E-state index contributed by atoms with van der Waals surface area (Å²) in [7, 11) is -3.99. The summed E-state index contributed by atoms with van der Waals surface area (Å²) in [6, 6.07) is 4.34. The van der Waals surface area contributed by atoms with E-state index in [0.717, 1.165) is 12.8 Å². The fraction of sp³-hybridized carbons (Fsp3) is 0.538. The van der Waals surface area contributed by atoms with Crippen molar-refractivity contribution < 1.29 is 13.3 Å². The van der Waals surface area contributed by atoms with Gasteiger partial charge in [0.25, 0.3) is 15.7 Å². The van der Waals surface area contributed by atoms with Crippen LogP contribution in [0, 0.1) is 10.1 Å². The molecular weight excluding hydrogens is 330 g/mol. The number of nitrogens with one attached hydrogen (secondary N) is 1. The highest BCUT2D eigenvalue weighted by Crippen LogP contribution is 2.34. The molecule has 0 aliphatic carbocycles. The first-order valence-electron chi connectivity index (χ1n) is 7.08. The molecule has 2 saturated heterocycles. The molecule has 0 saturated carbocycles. The summed E-state index contributed by atoms with van der Waals surface area (Å²) < 4.78 is 27.1. The Morgan fingerprint density at radius 2 is 2.00 bits per heavy atom. The van der Waals surface area contributed by atoms with Crippen molar-refractivity contribution in [3.05, 3.63) is 33.3 Å². The Bertz CT molecular complexity index is 709. The Hall–Kier alpha value is -1.22. The second-order valence-corrected chi connectivity index (χ2v) is 7.92. The lowest BCUT2D eigenvalue weighted by molar-refractivity contribution is -0.387. The van der Waals surface area contributed by atoms with Crippen LogP contribution in [0.2, 0.25) is 5.02 Å². The highest BCUT2D eigenvalue weighted by Gasteiger charge is 2.38. The molecule has 2 heterocycles. The van der Waals surface area contributed by atoms with Gasteiger partial charge in [0.1, 0.15) is 0 Å². The quantitative estimate of drug-likeness (QED) is 0.665. The van der Waals surface area contributed by atoms with Gasteiger partial charge in [-0.3, -0.25) is 10.1 Å². The van der Waals surface area contributed by atoms with E-state index in [0.29, 0.717) is 25.6 Å². The zero-order valence-corrected chi connectivity index (χ0v) is 13.3. The molecule has 0 radical (unpaired) electrons. The number of nitrogens with zero attached hydrogens (tertiary/aromatic N) is 2. The van der Waals surface area contributed by atoms with Crippen LogP contribution in [0.25, 0.3) is 0 Å². The minimum atomic E-state index is -3.99. The maximum Gasteiger partial charge on any atom is 0.290 e. The molecule has 3 rings (SSSR count). The largest absolute Gasteiger partial charge is 0.310 e. The Morgan fingerprint density at radius 3 is 2.73 bits per heavy atom. The van der Waals surface area contributed by atoms with Gasteiger partial charge in [0.15, 0.2) is 4.90 Å². The van der Waals surface area contributed by atoms with E-state index in [1.807, 2.05) is 0 Å². The van der Waals surface area contributed by atoms with Crippen molar-refractivity contribution in [3.63, 3.8) is 0 Å². The van der Waals surface area contributed by atoms with E-state index in [1.54, 1.807) is 0 Å². The number of nitro benzene ring substituents is 1. The number of hydrogen-bond acceptors (Lipinski definition) is 5. The van der Waals surface area contributed by atoms with Crippen LogP contribution in [0.5, 0.6) is 0 Å². The van der Waals surface area contributed by atoms with Gasteiger partial charge in [-0.1, -0.05) is 17.7 Å². The fourth-order valence-electron chi connectivity index (χ4n) is 3.15. The van der Waals surface area contributed by atoms with Gasteiger partial charge in [0.05, 0.1) is 9.95 Å². The van der Waals surface area contributed by atoms with Crippen LogP contribution in [0.3, 0.4) is 0 Å². The number of rotatable bonds is 3. The molecule has 1 N–H and O–H groups in total. The van der Waals surface area contributed by atoms with Crippen molar-refractivity contribution in [3.8, 4) is 0 Å². The third kappa shape index (κ3) is 2.71. The summed E-state index contributed by atoms with van der Waals surface area (Å²) in [5, 5.41) is 14.4. The van der Waals surface area contributed by atoms with Crippen molar-refractivity contribution in [2.24, 2.45) is 0 Å². The molecule has 2 fully saturated rings. The molecule has 2 unspecified atom stereocenters. The molecule has 2 aliphatic heterocycles. The predicted molar refractivity (Wildman–Crippen MR) is 81.4 cm³/mol. The van der Waals surface area contributed by atoms with Gasteiger partial charge in [-0.05, 0) is 25.3 Å². The van der Waals surface area contributed by atoms with Crippen LogP contribution in [-0.2, 0) is 10.0 Å². The van der Waals surface area contributed by atoms with Gasteiger partial charge in [-0.25, -0.2) is 8.42 Å². The van der Waals surface area contributed by atoms with Crippen LogP contribution in [0.1, 0.15) is 19.3 Å². The Morgan fingerprint density at radius 1 is 1.27 bits per heavy atom. The van der Waals surface area contributed by atoms with Crippen molar-refractivity contribution in [2.45, 2.75) is 36.2 Å². The van der Waals surface area contributed by atoms with E-state index in [1.165, 1.54) is 22.5 Å². The van der Waals surface area contributed by atoms with Crippen LogP contribution in [0.4, 0.5) is 5.69 Å². The molecule has 0 aromatic heterocycles. The van der Waals surface area contributed by atoms with E-state index < -0.39 is 25.5 Å². The van der Waals surface area contributed by atoms with Gasteiger partial charge in [-0.15, -0.1) is 0 Å². The van der Waals surface area contributed by atoms with E-state index in [4.69, 9.17) is 11.6 Å². The van der Waals surface area contributed by atoms with Gasteiger partial charge in [0, 0.05) is 31.2 Å². The zero-order chi connectivity index (χ0) is 15.9. The monoisotopic (exact) mass is 345 g/mol. The predicted octanol–water partition coefficient (Wildman–Crippen LogP) is 1.76. The second-order valence-electron chi connectivity index (χ2n) is 5.63. The second kappa shape index (κ2) is 5.77. The number of nitro groups is 1. The first-order chi connectivity index (χ1) is 10.4. The molecule has 0 amide bonds. The number of hydrogen-bond donors (Lipinski definition) is 1. The van der Waals surface area contributed by atoms with Crippen molar-refractivity contribution in [2.75, 3.05) is 13.1 Å². The molecule has 7 nitrogen and oxygen atoms in total. The smallest absolute Gasteiger partial charge is 0.290 e. The normalized spacial score (nSPS) is 25.9. The lowest BCUT2D eigenvalue weighted by Gasteiger charge is -2.23. The van der Waals surface area contributed by atoms with Gasteiger partial charge < -0.3 is 5.32 Å². The molecular formula is C13H16ClN3O4S. The summed E-state index contributed by atoms with van der Waals surface area (Å²) in [6.07, 6.45) is 2.67. The van der Waals surface area contributed by atoms with Crippen LogP contribution >= 0.6 is 11.6 Å². The van der Waals surface area contributed by atoms with E-state index in [9.17, 15) is 18.5 Å². The molecule has 9 heteroatoms. The fourth-order valence-corrected chi connectivity index (χ4v) is 5.32. The van der Waals surface area contributed by atoms with Crippen LogP contribution in [-0.4, -0.2) is 42.8 Å². The number of sulfonamides is 1. The Balaban J connectivity index is 2.01. The molecule has 2 aliphatic rings. The number of benzene rings is 1. The van der Waals surface area contributed by atoms with E-state index in [2.05, 4.69) is 5.32 Å². The molecule has 1 aromatic carbocycles. The number of halogens is 1. The summed E-state index contributed by atoms with van der Waals surface area (Å²) in [5.74, 6) is 0. The summed E-state index contributed by atoms with van der Waals surface area (Å²) in [4.78, 5) is 10.0. The molecule has 2 bridgehead atoms. The van der Waals surface area contributed by atoms with E-state index >= 15 is 0 Å². The maximum atomic E-state index is 12.9. The maximum absolute atomic E-state index is 12.9. The summed E-state index contributed by atoms with van der Waals surface area (Å²) in [5.41, 5.74) is -0.477. The first-order valence-corrected chi connectivity index (χ1v) is 8.90. The van der Waals surface area contributed by atoms with E-state index in [-0.39, 0.29) is 11.1 Å². The van der Waals surface area contributed by atoms with Crippen molar-refractivity contribution in [1.82, 2.24) is 9.62 Å². The highest BCUT2D eigenvalue weighted by atomic mass is 35.5. The number of fused-ring (bicyclic) bond motifs is 2. The lowest BCUT2D eigenvalue weighted by Crippen LogP contribution is -2.39. The van der Waals surface area contributed by atoms with Crippen molar-refractivity contribution >= 4 is 27.3 Å². The molecule has 2 atom stereocenters.